The lowest BCUT2D eigenvalue weighted by Crippen LogP contribution is -2.22. The van der Waals surface area contributed by atoms with E-state index in [0.717, 1.165) is 24.2 Å². The van der Waals surface area contributed by atoms with Gasteiger partial charge in [0.2, 0.25) is 0 Å². The van der Waals surface area contributed by atoms with Crippen molar-refractivity contribution in [2.45, 2.75) is 26.6 Å². The molecule has 0 spiro atoms. The van der Waals surface area contributed by atoms with Crippen molar-refractivity contribution >= 4 is 17.5 Å². The average Bonchev–Trinajstić information content (AvgIpc) is 2.95. The Balaban J connectivity index is 1.67. The molecule has 0 atom stereocenters. The van der Waals surface area contributed by atoms with Gasteiger partial charge in [-0.2, -0.15) is 0 Å². The van der Waals surface area contributed by atoms with E-state index in [-0.39, 0.29) is 5.91 Å². The maximum atomic E-state index is 12.1. The first-order valence-electron chi connectivity index (χ1n) is 6.99. The zero-order chi connectivity index (χ0) is 14.8. The summed E-state index contributed by atoms with van der Waals surface area (Å²) in [6.45, 7) is 4.28. The average molecular weight is 301 g/mol. The van der Waals surface area contributed by atoms with Crippen LogP contribution in [0.3, 0.4) is 0 Å². The smallest absolute Gasteiger partial charge is 0.251 e. The van der Waals surface area contributed by atoms with Crippen molar-refractivity contribution < 1.29 is 4.79 Å². The zero-order valence-corrected chi connectivity index (χ0v) is 12.6. The Morgan fingerprint density at radius 2 is 2.00 bits per heavy atom. The number of hydrogen-bond acceptors (Lipinski definition) is 2. The van der Waals surface area contributed by atoms with Crippen LogP contribution < -0.4 is 10.6 Å². The van der Waals surface area contributed by atoms with E-state index in [1.807, 2.05) is 13.0 Å². The van der Waals surface area contributed by atoms with Crippen LogP contribution in [0.25, 0.3) is 0 Å². The number of fused-ring (bicyclic) bond motifs is 1. The molecular weight excluding hydrogens is 284 g/mol. The van der Waals surface area contributed by atoms with Crippen LogP contribution in [0, 0.1) is 6.92 Å². The third-order valence-electron chi connectivity index (χ3n) is 3.77. The number of aryl methyl sites for hydroxylation is 1. The largest absolute Gasteiger partial charge is 0.348 e. The lowest BCUT2D eigenvalue weighted by molar-refractivity contribution is 0.0951. The van der Waals surface area contributed by atoms with Gasteiger partial charge in [0.25, 0.3) is 5.91 Å². The molecule has 0 fully saturated rings. The SMILES string of the molecule is Cc1cc(C(=O)NCc2ccc3c(c2)CNC3)ccc1Cl. The van der Waals surface area contributed by atoms with Crippen LogP contribution in [-0.2, 0) is 19.6 Å². The van der Waals surface area contributed by atoms with E-state index in [1.165, 1.54) is 11.1 Å². The van der Waals surface area contributed by atoms with Crippen LogP contribution in [0.4, 0.5) is 0 Å². The predicted octanol–water partition coefficient (Wildman–Crippen LogP) is 3.18. The standard InChI is InChI=1S/C17H17ClN2O/c1-11-6-13(4-5-16(11)18)17(21)20-8-12-2-3-14-9-19-10-15(14)7-12/h2-7,19H,8-10H2,1H3,(H,20,21). The third kappa shape index (κ3) is 3.09. The summed E-state index contributed by atoms with van der Waals surface area (Å²) < 4.78 is 0. The number of halogens is 1. The van der Waals surface area contributed by atoms with Crippen molar-refractivity contribution in [2.24, 2.45) is 0 Å². The van der Waals surface area contributed by atoms with E-state index in [9.17, 15) is 4.79 Å². The lowest BCUT2D eigenvalue weighted by atomic mass is 10.1. The van der Waals surface area contributed by atoms with Gasteiger partial charge in [0, 0.05) is 30.2 Å². The van der Waals surface area contributed by atoms with E-state index in [1.54, 1.807) is 12.1 Å². The van der Waals surface area contributed by atoms with Crippen LogP contribution in [0.1, 0.15) is 32.6 Å². The molecule has 3 nitrogen and oxygen atoms in total. The normalized spacial score (nSPS) is 13.0. The van der Waals surface area contributed by atoms with E-state index in [4.69, 9.17) is 11.6 Å². The maximum absolute atomic E-state index is 12.1. The van der Waals surface area contributed by atoms with Gasteiger partial charge in [0.05, 0.1) is 0 Å². The molecule has 0 saturated heterocycles. The molecule has 0 saturated carbocycles. The van der Waals surface area contributed by atoms with Gasteiger partial charge in [0.15, 0.2) is 0 Å². The summed E-state index contributed by atoms with van der Waals surface area (Å²) >= 11 is 5.97. The van der Waals surface area contributed by atoms with Crippen LogP contribution in [0.5, 0.6) is 0 Å². The Morgan fingerprint density at radius 1 is 1.19 bits per heavy atom. The molecule has 2 aromatic rings. The molecule has 1 heterocycles. The van der Waals surface area contributed by atoms with E-state index < -0.39 is 0 Å². The Bertz CT molecular complexity index is 697. The summed E-state index contributed by atoms with van der Waals surface area (Å²) in [5.74, 6) is -0.0756. The lowest BCUT2D eigenvalue weighted by Gasteiger charge is -2.08. The molecule has 4 heteroatoms. The number of carbonyl (C=O) groups is 1. The van der Waals surface area contributed by atoms with Gasteiger partial charge >= 0.3 is 0 Å². The third-order valence-corrected chi connectivity index (χ3v) is 4.20. The van der Waals surface area contributed by atoms with Gasteiger partial charge < -0.3 is 10.6 Å². The van der Waals surface area contributed by atoms with E-state index >= 15 is 0 Å². The molecule has 21 heavy (non-hydrogen) atoms. The zero-order valence-electron chi connectivity index (χ0n) is 11.9. The first-order valence-corrected chi connectivity index (χ1v) is 7.37. The fraction of sp³-hybridized carbons (Fsp3) is 0.235. The summed E-state index contributed by atoms with van der Waals surface area (Å²) in [5.41, 5.74) is 5.34. The highest BCUT2D eigenvalue weighted by atomic mass is 35.5. The van der Waals surface area contributed by atoms with Crippen molar-refractivity contribution in [1.29, 1.82) is 0 Å². The second-order valence-electron chi connectivity index (χ2n) is 5.35. The highest BCUT2D eigenvalue weighted by molar-refractivity contribution is 6.31. The molecule has 0 unspecified atom stereocenters. The molecule has 2 N–H and O–H groups in total. The van der Waals surface area contributed by atoms with Gasteiger partial charge in [-0.25, -0.2) is 0 Å². The molecule has 0 radical (unpaired) electrons. The van der Waals surface area contributed by atoms with Crippen molar-refractivity contribution in [3.05, 3.63) is 69.2 Å². The minimum absolute atomic E-state index is 0.0756. The number of benzene rings is 2. The summed E-state index contributed by atoms with van der Waals surface area (Å²) in [6.07, 6.45) is 0. The summed E-state index contributed by atoms with van der Waals surface area (Å²) in [7, 11) is 0. The Kier molecular flexibility index (Phi) is 3.95. The van der Waals surface area contributed by atoms with Gasteiger partial charge in [0.1, 0.15) is 0 Å². The summed E-state index contributed by atoms with van der Waals surface area (Å²) in [5, 5.41) is 6.95. The predicted molar refractivity (Wildman–Crippen MR) is 84.3 cm³/mol. The molecule has 0 aromatic heterocycles. The number of hydrogen-bond donors (Lipinski definition) is 2. The van der Waals surface area contributed by atoms with Crippen LogP contribution in [-0.4, -0.2) is 5.91 Å². The monoisotopic (exact) mass is 300 g/mol. The highest BCUT2D eigenvalue weighted by Gasteiger charge is 2.11. The number of amides is 1. The highest BCUT2D eigenvalue weighted by Crippen LogP contribution is 2.18. The molecular formula is C17H17ClN2O. The molecule has 3 rings (SSSR count). The first kappa shape index (κ1) is 14.1. The van der Waals surface area contributed by atoms with Crippen LogP contribution in [0.15, 0.2) is 36.4 Å². The van der Waals surface area contributed by atoms with Crippen LogP contribution >= 0.6 is 11.6 Å². The summed E-state index contributed by atoms with van der Waals surface area (Å²) in [6, 6.07) is 11.7. The Morgan fingerprint density at radius 3 is 2.81 bits per heavy atom. The molecule has 0 bridgehead atoms. The van der Waals surface area contributed by atoms with Crippen molar-refractivity contribution in [1.82, 2.24) is 10.6 Å². The van der Waals surface area contributed by atoms with Crippen molar-refractivity contribution in [3.8, 4) is 0 Å². The van der Waals surface area contributed by atoms with Crippen molar-refractivity contribution in [3.63, 3.8) is 0 Å². The number of carbonyl (C=O) groups excluding carboxylic acids is 1. The molecule has 0 aliphatic carbocycles. The minimum atomic E-state index is -0.0756. The van der Waals surface area contributed by atoms with E-state index in [0.29, 0.717) is 17.1 Å². The van der Waals surface area contributed by atoms with Crippen molar-refractivity contribution in [2.75, 3.05) is 0 Å². The fourth-order valence-corrected chi connectivity index (χ4v) is 2.65. The second-order valence-corrected chi connectivity index (χ2v) is 5.76. The Hall–Kier alpha value is -1.84. The molecule has 108 valence electrons. The van der Waals surface area contributed by atoms with Gasteiger partial charge in [-0.3, -0.25) is 4.79 Å². The topological polar surface area (TPSA) is 41.1 Å². The first-order chi connectivity index (χ1) is 10.1. The minimum Gasteiger partial charge on any atom is -0.348 e. The maximum Gasteiger partial charge on any atom is 0.251 e. The summed E-state index contributed by atoms with van der Waals surface area (Å²) in [4.78, 5) is 12.1. The molecule has 2 aromatic carbocycles. The number of rotatable bonds is 3. The van der Waals surface area contributed by atoms with Gasteiger partial charge in [-0.1, -0.05) is 29.8 Å². The molecule has 1 amide bonds. The fourth-order valence-electron chi connectivity index (χ4n) is 2.53. The molecule has 1 aliphatic rings. The molecule has 1 aliphatic heterocycles. The van der Waals surface area contributed by atoms with Gasteiger partial charge in [-0.05, 0) is 47.4 Å². The Labute approximate surface area is 129 Å². The van der Waals surface area contributed by atoms with E-state index in [2.05, 4.69) is 28.8 Å². The quantitative estimate of drug-likeness (QED) is 0.914. The van der Waals surface area contributed by atoms with Crippen LogP contribution in [0.2, 0.25) is 5.02 Å². The second kappa shape index (κ2) is 5.88. The number of nitrogens with one attached hydrogen (secondary N) is 2. The van der Waals surface area contributed by atoms with Gasteiger partial charge in [-0.15, -0.1) is 0 Å².